The third-order valence-corrected chi connectivity index (χ3v) is 4.69. The lowest BCUT2D eigenvalue weighted by Gasteiger charge is -2.41. The molecule has 3 N–H and O–H groups in total. The van der Waals surface area contributed by atoms with Gasteiger partial charge in [-0.05, 0) is 60.4 Å². The van der Waals surface area contributed by atoms with Gasteiger partial charge >= 0.3 is 5.97 Å². The Morgan fingerprint density at radius 2 is 2.24 bits per heavy atom. The average Bonchev–Trinajstić information content (AvgIpc) is 2.99. The van der Waals surface area contributed by atoms with Gasteiger partial charge in [0.1, 0.15) is 12.6 Å². The lowest BCUT2D eigenvalue weighted by molar-refractivity contribution is -0.141. The summed E-state index contributed by atoms with van der Waals surface area (Å²) < 4.78 is 5.67. The highest BCUT2D eigenvalue weighted by atomic mass is 16.5. The highest BCUT2D eigenvalue weighted by Crippen LogP contribution is 2.38. The van der Waals surface area contributed by atoms with Crippen molar-refractivity contribution < 1.29 is 14.6 Å². The van der Waals surface area contributed by atoms with Gasteiger partial charge in [-0.15, -0.1) is 5.10 Å². The van der Waals surface area contributed by atoms with Crippen LogP contribution in [0.25, 0.3) is 0 Å². The number of tetrazole rings is 1. The molecule has 2 heterocycles. The van der Waals surface area contributed by atoms with Crippen LogP contribution in [-0.4, -0.2) is 50.9 Å². The molecule has 0 aromatic carbocycles. The molecule has 1 aliphatic heterocycles. The number of rotatable bonds is 5. The summed E-state index contributed by atoms with van der Waals surface area (Å²) in [5, 5.41) is 25.7. The summed E-state index contributed by atoms with van der Waals surface area (Å²) in [5.41, 5.74) is 0. The minimum Gasteiger partial charge on any atom is -0.480 e. The van der Waals surface area contributed by atoms with Crippen molar-refractivity contribution in [1.29, 1.82) is 0 Å². The van der Waals surface area contributed by atoms with E-state index in [1.165, 1.54) is 0 Å². The summed E-state index contributed by atoms with van der Waals surface area (Å²) in [6, 6.07) is -0.383. The van der Waals surface area contributed by atoms with Gasteiger partial charge in [-0.25, -0.2) is 5.10 Å². The summed E-state index contributed by atoms with van der Waals surface area (Å²) >= 11 is 0. The fourth-order valence-electron chi connectivity index (χ4n) is 3.56. The number of carboxylic acid groups (broad SMARTS) is 1. The first-order valence-electron chi connectivity index (χ1n) is 7.49. The molecule has 1 aromatic rings. The molecule has 4 atom stereocenters. The van der Waals surface area contributed by atoms with Gasteiger partial charge in [-0.2, -0.15) is 0 Å². The Kier molecular flexibility index (Phi) is 4.45. The van der Waals surface area contributed by atoms with Gasteiger partial charge in [0.05, 0.1) is 6.61 Å². The zero-order chi connectivity index (χ0) is 14.7. The molecule has 1 saturated carbocycles. The van der Waals surface area contributed by atoms with Crippen molar-refractivity contribution in [3.05, 3.63) is 5.82 Å². The molecule has 3 unspecified atom stereocenters. The van der Waals surface area contributed by atoms with E-state index in [4.69, 9.17) is 9.84 Å². The minimum atomic E-state index is -0.732. The van der Waals surface area contributed by atoms with Crippen LogP contribution in [0.15, 0.2) is 0 Å². The first-order chi connectivity index (χ1) is 10.2. The fourth-order valence-corrected chi connectivity index (χ4v) is 3.56. The lowest BCUT2D eigenvalue weighted by atomic mass is 9.70. The first-order valence-corrected chi connectivity index (χ1v) is 7.49. The van der Waals surface area contributed by atoms with Crippen LogP contribution >= 0.6 is 0 Å². The number of nitrogens with zero attached hydrogens (tertiary/aromatic N) is 3. The highest BCUT2D eigenvalue weighted by molar-refractivity contribution is 5.73. The van der Waals surface area contributed by atoms with Crippen molar-refractivity contribution >= 4 is 5.97 Å². The van der Waals surface area contributed by atoms with E-state index in [9.17, 15) is 4.79 Å². The molecule has 116 valence electrons. The summed E-state index contributed by atoms with van der Waals surface area (Å²) in [5.74, 6) is 1.53. The normalized spacial score (nSPS) is 32.6. The molecule has 8 heteroatoms. The molecule has 0 spiro atoms. The van der Waals surface area contributed by atoms with Gasteiger partial charge in [0.25, 0.3) is 0 Å². The van der Waals surface area contributed by atoms with Gasteiger partial charge in [0.15, 0.2) is 5.82 Å². The van der Waals surface area contributed by atoms with Crippen LogP contribution in [0.1, 0.15) is 31.5 Å². The van der Waals surface area contributed by atoms with E-state index in [2.05, 4.69) is 25.9 Å². The molecule has 8 nitrogen and oxygen atoms in total. The Balaban J connectivity index is 1.45. The number of H-pyrrole nitrogens is 1. The predicted molar refractivity (Wildman–Crippen MR) is 72.2 cm³/mol. The van der Waals surface area contributed by atoms with Crippen molar-refractivity contribution in [3.63, 3.8) is 0 Å². The van der Waals surface area contributed by atoms with Crippen LogP contribution in [0, 0.1) is 17.8 Å². The van der Waals surface area contributed by atoms with Gasteiger partial charge < -0.3 is 15.2 Å². The smallest absolute Gasteiger partial charge is 0.320 e. The quantitative estimate of drug-likeness (QED) is 0.711. The number of carboxylic acids is 1. The van der Waals surface area contributed by atoms with Gasteiger partial charge in [-0.1, -0.05) is 0 Å². The van der Waals surface area contributed by atoms with Gasteiger partial charge in [0, 0.05) is 0 Å². The van der Waals surface area contributed by atoms with E-state index in [0.717, 1.165) is 32.2 Å². The summed E-state index contributed by atoms with van der Waals surface area (Å²) in [6.45, 7) is 1.92. The van der Waals surface area contributed by atoms with E-state index in [0.29, 0.717) is 36.8 Å². The lowest BCUT2D eigenvalue weighted by Crippen LogP contribution is -2.49. The van der Waals surface area contributed by atoms with Crippen LogP contribution in [0.2, 0.25) is 0 Å². The second kappa shape index (κ2) is 6.48. The van der Waals surface area contributed by atoms with Crippen LogP contribution < -0.4 is 5.32 Å². The van der Waals surface area contributed by atoms with Crippen molar-refractivity contribution in [2.45, 2.75) is 38.3 Å². The largest absolute Gasteiger partial charge is 0.480 e. The second-order valence-corrected chi connectivity index (χ2v) is 6.10. The van der Waals surface area contributed by atoms with E-state index in [-0.39, 0.29) is 6.04 Å². The molecule has 2 fully saturated rings. The molecular formula is C13H21N5O3. The van der Waals surface area contributed by atoms with Crippen molar-refractivity contribution in [2.24, 2.45) is 17.8 Å². The molecule has 2 aliphatic rings. The Bertz CT molecular complexity index is 466. The zero-order valence-corrected chi connectivity index (χ0v) is 11.9. The first kappa shape index (κ1) is 14.4. The van der Waals surface area contributed by atoms with E-state index in [1.807, 2.05) is 0 Å². The number of fused-ring (bicyclic) bond motifs is 1. The van der Waals surface area contributed by atoms with Crippen molar-refractivity contribution in [3.8, 4) is 0 Å². The SMILES string of the molecule is O=C(O)C1CC2CC(COCc3nnn[nH]3)CC[C@H]2CN1. The number of hydrogen-bond donors (Lipinski definition) is 3. The maximum absolute atomic E-state index is 11.1. The number of aromatic nitrogens is 4. The summed E-state index contributed by atoms with van der Waals surface area (Å²) in [6.07, 6.45) is 4.10. The standard InChI is InChI=1S/C13H21N5O3/c19-13(20)11-4-10-3-8(1-2-9(10)5-14-11)6-21-7-12-15-17-18-16-12/h8-11,14H,1-7H2,(H,19,20)(H,15,16,17,18)/t8?,9-,10?,11?/m0/s1. The van der Waals surface area contributed by atoms with Gasteiger partial charge in [-0.3, -0.25) is 4.79 Å². The molecule has 1 saturated heterocycles. The Labute approximate surface area is 122 Å². The number of aromatic amines is 1. The molecule has 3 rings (SSSR count). The van der Waals surface area contributed by atoms with E-state index in [1.54, 1.807) is 0 Å². The third kappa shape index (κ3) is 3.56. The highest BCUT2D eigenvalue weighted by Gasteiger charge is 2.37. The summed E-state index contributed by atoms with van der Waals surface area (Å²) in [7, 11) is 0. The molecule has 0 amide bonds. The van der Waals surface area contributed by atoms with Crippen LogP contribution in [0.3, 0.4) is 0 Å². The molecule has 21 heavy (non-hydrogen) atoms. The third-order valence-electron chi connectivity index (χ3n) is 4.69. The summed E-state index contributed by atoms with van der Waals surface area (Å²) in [4.78, 5) is 11.1. The number of hydrogen-bond acceptors (Lipinski definition) is 6. The Hall–Kier alpha value is -1.54. The van der Waals surface area contributed by atoms with Crippen LogP contribution in [0.4, 0.5) is 0 Å². The maximum Gasteiger partial charge on any atom is 0.320 e. The zero-order valence-electron chi connectivity index (χ0n) is 11.9. The monoisotopic (exact) mass is 295 g/mol. The fraction of sp³-hybridized carbons (Fsp3) is 0.846. The maximum atomic E-state index is 11.1. The van der Waals surface area contributed by atoms with Crippen molar-refractivity contribution in [2.75, 3.05) is 13.2 Å². The van der Waals surface area contributed by atoms with Gasteiger partial charge in [0.2, 0.25) is 0 Å². The number of aliphatic carboxylic acids is 1. The van der Waals surface area contributed by atoms with Crippen LogP contribution in [-0.2, 0) is 16.1 Å². The number of carbonyl (C=O) groups is 1. The molecule has 1 aromatic heterocycles. The second-order valence-electron chi connectivity index (χ2n) is 6.10. The topological polar surface area (TPSA) is 113 Å². The molecule has 1 aliphatic carbocycles. The van der Waals surface area contributed by atoms with Crippen LogP contribution in [0.5, 0.6) is 0 Å². The average molecular weight is 295 g/mol. The molecule has 0 bridgehead atoms. The predicted octanol–water partition coefficient (Wildman–Crippen LogP) is 0.195. The minimum absolute atomic E-state index is 0.383. The molecular weight excluding hydrogens is 274 g/mol. The van der Waals surface area contributed by atoms with E-state index < -0.39 is 5.97 Å². The number of nitrogens with one attached hydrogen (secondary N) is 2. The Morgan fingerprint density at radius 1 is 1.33 bits per heavy atom. The molecule has 0 radical (unpaired) electrons. The Morgan fingerprint density at radius 3 is 3.00 bits per heavy atom. The number of ether oxygens (including phenoxy) is 1. The van der Waals surface area contributed by atoms with E-state index >= 15 is 0 Å². The number of piperidine rings is 1. The van der Waals surface area contributed by atoms with Crippen molar-refractivity contribution in [1.82, 2.24) is 25.9 Å².